The molecule has 0 unspecified atom stereocenters. The summed E-state index contributed by atoms with van der Waals surface area (Å²) in [4.78, 5) is 43.8. The highest BCUT2D eigenvalue weighted by atomic mass is 32.1. The van der Waals surface area contributed by atoms with E-state index in [9.17, 15) is 14.4 Å². The summed E-state index contributed by atoms with van der Waals surface area (Å²) in [7, 11) is 0. The molecule has 32 heavy (non-hydrogen) atoms. The molecule has 1 saturated heterocycles. The molecule has 0 radical (unpaired) electrons. The summed E-state index contributed by atoms with van der Waals surface area (Å²) >= 11 is 1.53. The number of hydrogen-bond donors (Lipinski definition) is 2. The van der Waals surface area contributed by atoms with Crippen LogP contribution in [-0.2, 0) is 15.1 Å². The first-order valence-corrected chi connectivity index (χ1v) is 11.0. The van der Waals surface area contributed by atoms with Crippen molar-refractivity contribution in [3.05, 3.63) is 71.2 Å². The van der Waals surface area contributed by atoms with E-state index in [4.69, 9.17) is 0 Å². The summed E-state index contributed by atoms with van der Waals surface area (Å²) in [6.45, 7) is 3.22. The summed E-state index contributed by atoms with van der Waals surface area (Å²) < 4.78 is 0.958. The maximum absolute atomic E-state index is 13.2. The van der Waals surface area contributed by atoms with Crippen molar-refractivity contribution < 1.29 is 14.4 Å². The SMILES string of the molecule is Cc1nc2ccc(NC(=O)CN3C(=O)N[C@](C)(c4ccc5ccccc5c4)C3=O)cc2s1. The van der Waals surface area contributed by atoms with Gasteiger partial charge in [-0.05, 0) is 54.4 Å². The number of carbonyl (C=O) groups excluding carboxylic acids is 3. The van der Waals surface area contributed by atoms with Crippen molar-refractivity contribution in [1.29, 1.82) is 0 Å². The molecule has 1 aliphatic rings. The van der Waals surface area contributed by atoms with Crippen LogP contribution in [0.4, 0.5) is 10.5 Å². The molecular weight excluding hydrogens is 424 g/mol. The van der Waals surface area contributed by atoms with Gasteiger partial charge in [-0.15, -0.1) is 11.3 Å². The zero-order valence-electron chi connectivity index (χ0n) is 17.5. The molecule has 2 heterocycles. The molecule has 2 N–H and O–H groups in total. The fourth-order valence-corrected chi connectivity index (χ4v) is 4.86. The number of aryl methyl sites for hydroxylation is 1. The van der Waals surface area contributed by atoms with Crippen molar-refractivity contribution in [2.75, 3.05) is 11.9 Å². The number of hydrogen-bond acceptors (Lipinski definition) is 5. The Balaban J connectivity index is 1.35. The van der Waals surface area contributed by atoms with Gasteiger partial charge in [0.15, 0.2) is 0 Å². The maximum atomic E-state index is 13.2. The highest BCUT2D eigenvalue weighted by Gasteiger charge is 2.49. The molecule has 8 heteroatoms. The largest absolute Gasteiger partial charge is 0.325 e. The van der Waals surface area contributed by atoms with Crippen LogP contribution in [0.2, 0.25) is 0 Å². The number of fused-ring (bicyclic) bond motifs is 2. The van der Waals surface area contributed by atoms with Crippen LogP contribution >= 0.6 is 11.3 Å². The van der Waals surface area contributed by atoms with Crippen molar-refractivity contribution in [2.45, 2.75) is 19.4 Å². The van der Waals surface area contributed by atoms with Crippen molar-refractivity contribution in [1.82, 2.24) is 15.2 Å². The number of anilines is 1. The molecular formula is C24H20N4O3S. The van der Waals surface area contributed by atoms with Crippen molar-refractivity contribution in [3.8, 4) is 0 Å². The van der Waals surface area contributed by atoms with Crippen LogP contribution < -0.4 is 10.6 Å². The smallest absolute Gasteiger partial charge is 0.324 e. The van der Waals surface area contributed by atoms with Gasteiger partial charge in [0, 0.05) is 5.69 Å². The van der Waals surface area contributed by atoms with E-state index in [0.29, 0.717) is 11.3 Å². The molecule has 7 nitrogen and oxygen atoms in total. The molecule has 0 bridgehead atoms. The summed E-state index contributed by atoms with van der Waals surface area (Å²) in [5.74, 6) is -0.904. The predicted octanol–water partition coefficient (Wildman–Crippen LogP) is 4.16. The third-order valence-corrected chi connectivity index (χ3v) is 6.62. The fraction of sp³-hybridized carbons (Fsp3) is 0.167. The van der Waals surface area contributed by atoms with Gasteiger partial charge < -0.3 is 10.6 Å². The monoisotopic (exact) mass is 444 g/mol. The standard InChI is InChI=1S/C24H20N4O3S/c1-14-25-19-10-9-18(12-20(19)32-14)26-21(29)13-28-22(30)24(2,27-23(28)31)17-8-7-15-5-3-4-6-16(15)11-17/h3-12H,13H2,1-2H3,(H,26,29)(H,27,31)/t24-/m1/s1. The molecule has 1 aliphatic heterocycles. The number of amides is 4. The van der Waals surface area contributed by atoms with Gasteiger partial charge in [-0.3, -0.25) is 14.5 Å². The minimum Gasteiger partial charge on any atom is -0.324 e. The molecule has 4 amide bonds. The Kier molecular flexibility index (Phi) is 4.67. The number of thiazole rings is 1. The quantitative estimate of drug-likeness (QED) is 0.462. The first-order chi connectivity index (χ1) is 15.3. The average molecular weight is 445 g/mol. The Morgan fingerprint density at radius 1 is 1.09 bits per heavy atom. The van der Waals surface area contributed by atoms with Gasteiger partial charge in [0.2, 0.25) is 5.91 Å². The topological polar surface area (TPSA) is 91.4 Å². The molecule has 0 aliphatic carbocycles. The second-order valence-electron chi connectivity index (χ2n) is 7.97. The van der Waals surface area contributed by atoms with Gasteiger partial charge in [0.1, 0.15) is 12.1 Å². The van der Waals surface area contributed by atoms with Crippen LogP contribution in [0.25, 0.3) is 21.0 Å². The normalized spacial score (nSPS) is 18.4. The van der Waals surface area contributed by atoms with Gasteiger partial charge in [-0.2, -0.15) is 0 Å². The predicted molar refractivity (Wildman–Crippen MR) is 125 cm³/mol. The number of carbonyl (C=O) groups is 3. The van der Waals surface area contributed by atoms with Crippen LogP contribution in [0.1, 0.15) is 17.5 Å². The van der Waals surface area contributed by atoms with E-state index < -0.39 is 23.4 Å². The zero-order chi connectivity index (χ0) is 22.5. The first kappa shape index (κ1) is 20.1. The fourth-order valence-electron chi connectivity index (χ4n) is 4.00. The number of nitrogens with one attached hydrogen (secondary N) is 2. The summed E-state index contributed by atoms with van der Waals surface area (Å²) in [6, 6.07) is 18.3. The van der Waals surface area contributed by atoms with E-state index >= 15 is 0 Å². The van der Waals surface area contributed by atoms with Crippen molar-refractivity contribution in [2.24, 2.45) is 0 Å². The van der Waals surface area contributed by atoms with E-state index in [0.717, 1.165) is 30.9 Å². The Hall–Kier alpha value is -3.78. The number of imide groups is 1. The van der Waals surface area contributed by atoms with Gasteiger partial charge in [-0.1, -0.05) is 36.4 Å². The van der Waals surface area contributed by atoms with Gasteiger partial charge in [-0.25, -0.2) is 9.78 Å². The third-order valence-electron chi connectivity index (χ3n) is 5.68. The number of nitrogens with zero attached hydrogens (tertiary/aromatic N) is 2. The molecule has 160 valence electrons. The summed E-state index contributed by atoms with van der Waals surface area (Å²) in [6.07, 6.45) is 0. The van der Waals surface area contributed by atoms with Crippen LogP contribution in [0.15, 0.2) is 60.7 Å². The maximum Gasteiger partial charge on any atom is 0.325 e. The molecule has 5 rings (SSSR count). The minimum absolute atomic E-state index is 0.367. The van der Waals surface area contributed by atoms with E-state index in [1.54, 1.807) is 13.0 Å². The van der Waals surface area contributed by atoms with E-state index in [2.05, 4.69) is 15.6 Å². The van der Waals surface area contributed by atoms with Gasteiger partial charge in [0.25, 0.3) is 5.91 Å². The number of urea groups is 1. The van der Waals surface area contributed by atoms with Crippen LogP contribution in [0, 0.1) is 6.92 Å². The molecule has 1 atom stereocenters. The molecule has 1 fully saturated rings. The van der Waals surface area contributed by atoms with E-state index in [1.165, 1.54) is 11.3 Å². The van der Waals surface area contributed by atoms with Crippen LogP contribution in [-0.4, -0.2) is 34.3 Å². The third kappa shape index (κ3) is 3.38. The Labute approximate surface area is 188 Å². The minimum atomic E-state index is -1.24. The molecule has 0 saturated carbocycles. The van der Waals surface area contributed by atoms with E-state index in [1.807, 2.05) is 61.5 Å². The number of benzene rings is 3. The lowest BCUT2D eigenvalue weighted by Crippen LogP contribution is -2.42. The summed E-state index contributed by atoms with van der Waals surface area (Å²) in [5, 5.41) is 8.48. The zero-order valence-corrected chi connectivity index (χ0v) is 18.3. The molecule has 3 aromatic carbocycles. The molecule has 4 aromatic rings. The Morgan fingerprint density at radius 2 is 1.88 bits per heavy atom. The summed E-state index contributed by atoms with van der Waals surface area (Å²) in [5.41, 5.74) is 0.894. The lowest BCUT2D eigenvalue weighted by atomic mass is 9.90. The van der Waals surface area contributed by atoms with Crippen LogP contribution in [0.5, 0.6) is 0 Å². The molecule has 1 aromatic heterocycles. The lowest BCUT2D eigenvalue weighted by molar-refractivity contribution is -0.133. The highest BCUT2D eigenvalue weighted by Crippen LogP contribution is 2.31. The van der Waals surface area contributed by atoms with Crippen molar-refractivity contribution in [3.63, 3.8) is 0 Å². The van der Waals surface area contributed by atoms with Crippen molar-refractivity contribution >= 4 is 55.9 Å². The highest BCUT2D eigenvalue weighted by molar-refractivity contribution is 7.18. The van der Waals surface area contributed by atoms with Gasteiger partial charge in [0.05, 0.1) is 15.2 Å². The second kappa shape index (κ2) is 7.42. The number of rotatable bonds is 4. The van der Waals surface area contributed by atoms with Gasteiger partial charge >= 0.3 is 6.03 Å². The number of aromatic nitrogens is 1. The first-order valence-electron chi connectivity index (χ1n) is 10.1. The van der Waals surface area contributed by atoms with Crippen LogP contribution in [0.3, 0.4) is 0 Å². The average Bonchev–Trinajstić information content (AvgIpc) is 3.24. The lowest BCUT2D eigenvalue weighted by Gasteiger charge is -2.22. The molecule has 0 spiro atoms. The van der Waals surface area contributed by atoms with E-state index in [-0.39, 0.29) is 6.54 Å². The Morgan fingerprint density at radius 3 is 2.69 bits per heavy atom. The second-order valence-corrected chi connectivity index (χ2v) is 9.21. The Bertz CT molecular complexity index is 1410.